The van der Waals surface area contributed by atoms with E-state index in [0.29, 0.717) is 16.5 Å². The molecule has 0 spiro atoms. The van der Waals surface area contributed by atoms with Crippen LogP contribution in [0.25, 0.3) is 0 Å². The van der Waals surface area contributed by atoms with E-state index in [1.54, 1.807) is 49.5 Å². The minimum Gasteiger partial charge on any atom is -0.476 e. The number of pyridine rings is 1. The third-order valence-corrected chi connectivity index (χ3v) is 5.49. The Morgan fingerprint density at radius 2 is 1.86 bits per heavy atom. The first-order valence-electron chi connectivity index (χ1n) is 10.6. The Morgan fingerprint density at radius 3 is 2.50 bits per heavy atom. The Labute approximate surface area is 209 Å². The van der Waals surface area contributed by atoms with Gasteiger partial charge in [0.1, 0.15) is 5.75 Å². The number of carbonyl (C=O) groups excluding carboxylic acids is 2. The number of rotatable bonds is 5. The van der Waals surface area contributed by atoms with E-state index in [9.17, 15) is 22.8 Å². The summed E-state index contributed by atoms with van der Waals surface area (Å²) in [5, 5.41) is 2.96. The fraction of sp³-hybridized carbons (Fsp3) is 0.208. The van der Waals surface area contributed by atoms with Crippen molar-refractivity contribution in [2.24, 2.45) is 0 Å². The number of anilines is 3. The molecule has 12 heteroatoms. The van der Waals surface area contributed by atoms with Crippen molar-refractivity contribution in [3.05, 3.63) is 71.4 Å². The molecule has 1 aliphatic heterocycles. The SMILES string of the molecule is CN(C)C(=O)C1CN(c2ncccc2Cl)c2cccc(C(=O)Nc3ccc(OC(F)(F)F)cc3)c2O1. The summed E-state index contributed by atoms with van der Waals surface area (Å²) in [5.74, 6) is -0.818. The quantitative estimate of drug-likeness (QED) is 0.516. The molecule has 2 heterocycles. The highest BCUT2D eigenvalue weighted by Gasteiger charge is 2.36. The molecule has 3 aromatic rings. The summed E-state index contributed by atoms with van der Waals surface area (Å²) in [6.07, 6.45) is -4.23. The fourth-order valence-corrected chi connectivity index (χ4v) is 3.84. The Balaban J connectivity index is 1.67. The van der Waals surface area contributed by atoms with Crippen LogP contribution in [0, 0.1) is 0 Å². The van der Waals surface area contributed by atoms with Crippen molar-refractivity contribution in [1.29, 1.82) is 0 Å². The van der Waals surface area contributed by atoms with Gasteiger partial charge in [-0.1, -0.05) is 17.7 Å². The van der Waals surface area contributed by atoms with E-state index in [4.69, 9.17) is 16.3 Å². The van der Waals surface area contributed by atoms with Crippen LogP contribution in [0.1, 0.15) is 10.4 Å². The van der Waals surface area contributed by atoms with E-state index >= 15 is 0 Å². The molecule has 0 bridgehead atoms. The van der Waals surface area contributed by atoms with Crippen LogP contribution in [0.15, 0.2) is 60.8 Å². The molecule has 1 atom stereocenters. The number of nitrogens with one attached hydrogen (secondary N) is 1. The molecule has 188 valence electrons. The molecule has 4 rings (SSSR count). The van der Waals surface area contributed by atoms with Crippen molar-refractivity contribution in [3.63, 3.8) is 0 Å². The standard InChI is InChI=1S/C24H20ClF3N4O4/c1-31(2)23(34)19-13-32(21-17(25)6-4-12-29-21)18-7-3-5-16(20(18)35-19)22(33)30-14-8-10-15(11-9-14)36-24(26,27)28/h3-12,19H,13H2,1-2H3,(H,30,33). The number of halogens is 4. The molecule has 0 fully saturated rings. The van der Waals surface area contributed by atoms with E-state index in [-0.39, 0.29) is 29.5 Å². The van der Waals surface area contributed by atoms with E-state index < -0.39 is 24.1 Å². The van der Waals surface area contributed by atoms with Gasteiger partial charge in [-0.25, -0.2) is 4.98 Å². The number of ether oxygens (including phenoxy) is 2. The molecule has 2 amide bonds. The van der Waals surface area contributed by atoms with Gasteiger partial charge in [0.25, 0.3) is 11.8 Å². The van der Waals surface area contributed by atoms with Gasteiger partial charge in [0.15, 0.2) is 17.7 Å². The zero-order chi connectivity index (χ0) is 26.0. The first-order chi connectivity index (χ1) is 17.0. The number of alkyl halides is 3. The summed E-state index contributed by atoms with van der Waals surface area (Å²) in [5.41, 5.74) is 0.810. The lowest BCUT2D eigenvalue weighted by molar-refractivity contribution is -0.274. The van der Waals surface area contributed by atoms with Gasteiger partial charge in [-0.2, -0.15) is 0 Å². The first-order valence-corrected chi connectivity index (χ1v) is 11.0. The zero-order valence-electron chi connectivity index (χ0n) is 19.0. The normalized spacial score (nSPS) is 14.9. The number of para-hydroxylation sites is 1. The molecule has 2 aromatic carbocycles. The number of aromatic nitrogens is 1. The van der Waals surface area contributed by atoms with Crippen molar-refractivity contribution in [2.75, 3.05) is 30.9 Å². The second kappa shape index (κ2) is 9.94. The summed E-state index contributed by atoms with van der Waals surface area (Å²) in [4.78, 5) is 33.4. The average molecular weight is 521 g/mol. The molecule has 0 saturated heterocycles. The van der Waals surface area contributed by atoms with Gasteiger partial charge in [-0.15, -0.1) is 13.2 Å². The van der Waals surface area contributed by atoms with Crippen molar-refractivity contribution in [1.82, 2.24) is 9.88 Å². The van der Waals surface area contributed by atoms with E-state index in [1.807, 2.05) is 0 Å². The number of benzene rings is 2. The molecule has 0 radical (unpaired) electrons. The van der Waals surface area contributed by atoms with Crippen LogP contribution < -0.4 is 19.7 Å². The Hall–Kier alpha value is -3.99. The molecular weight excluding hydrogens is 501 g/mol. The van der Waals surface area contributed by atoms with Gasteiger partial charge in [0, 0.05) is 26.0 Å². The summed E-state index contributed by atoms with van der Waals surface area (Å²) in [6, 6.07) is 12.9. The molecule has 1 aromatic heterocycles. The van der Waals surface area contributed by atoms with Crippen molar-refractivity contribution >= 4 is 40.6 Å². The van der Waals surface area contributed by atoms with Gasteiger partial charge in [0.05, 0.1) is 22.8 Å². The number of fused-ring (bicyclic) bond motifs is 1. The van der Waals surface area contributed by atoms with Crippen molar-refractivity contribution in [3.8, 4) is 11.5 Å². The van der Waals surface area contributed by atoms with Crippen LogP contribution in [0.5, 0.6) is 11.5 Å². The van der Waals surface area contributed by atoms with Gasteiger partial charge >= 0.3 is 6.36 Å². The van der Waals surface area contributed by atoms with E-state index in [1.165, 1.54) is 23.1 Å². The molecule has 1 N–H and O–H groups in total. The van der Waals surface area contributed by atoms with Crippen molar-refractivity contribution < 1.29 is 32.2 Å². The van der Waals surface area contributed by atoms with Crippen molar-refractivity contribution in [2.45, 2.75) is 12.5 Å². The summed E-state index contributed by atoms with van der Waals surface area (Å²) in [7, 11) is 3.17. The fourth-order valence-electron chi connectivity index (χ4n) is 3.62. The largest absolute Gasteiger partial charge is 0.573 e. The summed E-state index contributed by atoms with van der Waals surface area (Å²) in [6.45, 7) is 0.104. The molecule has 1 aliphatic rings. The smallest absolute Gasteiger partial charge is 0.476 e. The minimum atomic E-state index is -4.83. The Morgan fingerprint density at radius 1 is 1.14 bits per heavy atom. The molecule has 0 saturated carbocycles. The highest BCUT2D eigenvalue weighted by Crippen LogP contribution is 2.42. The van der Waals surface area contributed by atoms with Crippen LogP contribution in [0.4, 0.5) is 30.4 Å². The van der Waals surface area contributed by atoms with Crippen LogP contribution >= 0.6 is 11.6 Å². The predicted molar refractivity (Wildman–Crippen MR) is 127 cm³/mol. The lowest BCUT2D eigenvalue weighted by atomic mass is 10.1. The molecule has 8 nitrogen and oxygen atoms in total. The van der Waals surface area contributed by atoms with Crippen LogP contribution in [-0.2, 0) is 4.79 Å². The van der Waals surface area contributed by atoms with Crippen LogP contribution in [0.3, 0.4) is 0 Å². The summed E-state index contributed by atoms with van der Waals surface area (Å²) < 4.78 is 47.1. The number of amides is 2. The van der Waals surface area contributed by atoms with Gasteiger partial charge < -0.3 is 24.6 Å². The topological polar surface area (TPSA) is 84.0 Å². The third-order valence-electron chi connectivity index (χ3n) is 5.19. The maximum atomic E-state index is 13.2. The van der Waals surface area contributed by atoms with Gasteiger partial charge in [0.2, 0.25) is 0 Å². The Bertz CT molecular complexity index is 1290. The zero-order valence-corrected chi connectivity index (χ0v) is 19.8. The second-order valence-corrected chi connectivity index (χ2v) is 8.35. The lowest BCUT2D eigenvalue weighted by Crippen LogP contribution is -2.47. The molecular formula is C24H20ClF3N4O4. The van der Waals surface area contributed by atoms with Crippen LogP contribution in [-0.4, -0.2) is 54.8 Å². The monoisotopic (exact) mass is 520 g/mol. The maximum absolute atomic E-state index is 13.2. The third kappa shape index (κ3) is 5.46. The Kier molecular flexibility index (Phi) is 6.93. The lowest BCUT2D eigenvalue weighted by Gasteiger charge is -2.36. The highest BCUT2D eigenvalue weighted by atomic mass is 35.5. The van der Waals surface area contributed by atoms with E-state index in [2.05, 4.69) is 15.0 Å². The summed E-state index contributed by atoms with van der Waals surface area (Å²) >= 11 is 6.38. The number of hydrogen-bond donors (Lipinski definition) is 1. The maximum Gasteiger partial charge on any atom is 0.573 e. The van der Waals surface area contributed by atoms with Crippen LogP contribution in [0.2, 0.25) is 5.02 Å². The van der Waals surface area contributed by atoms with Gasteiger partial charge in [-0.3, -0.25) is 9.59 Å². The minimum absolute atomic E-state index is 0.104. The first kappa shape index (κ1) is 25.1. The molecule has 36 heavy (non-hydrogen) atoms. The second-order valence-electron chi connectivity index (χ2n) is 7.94. The number of carbonyl (C=O) groups is 2. The number of likely N-dealkylation sites (N-methyl/N-ethyl adjacent to an activating group) is 1. The number of nitrogens with zero attached hydrogens (tertiary/aromatic N) is 3. The van der Waals surface area contributed by atoms with Gasteiger partial charge in [-0.05, 0) is 48.5 Å². The molecule has 1 unspecified atom stereocenters. The average Bonchev–Trinajstić information content (AvgIpc) is 2.83. The predicted octanol–water partition coefficient (Wildman–Crippen LogP) is 4.87. The van der Waals surface area contributed by atoms with E-state index in [0.717, 1.165) is 12.1 Å². The molecule has 0 aliphatic carbocycles. The number of hydrogen-bond acceptors (Lipinski definition) is 6. The highest BCUT2D eigenvalue weighted by molar-refractivity contribution is 6.33.